The zero-order valence-corrected chi connectivity index (χ0v) is 12.7. The van der Waals surface area contributed by atoms with Crippen molar-refractivity contribution in [2.75, 3.05) is 26.2 Å². The molecule has 0 aliphatic carbocycles. The summed E-state index contributed by atoms with van der Waals surface area (Å²) in [4.78, 5) is 13.0. The summed E-state index contributed by atoms with van der Waals surface area (Å²) in [6.07, 6.45) is -0.462. The summed E-state index contributed by atoms with van der Waals surface area (Å²) in [5.74, 6) is 0.0345. The molecule has 0 bridgehead atoms. The Hall–Kier alpha value is -0.750. The maximum Gasteiger partial charge on any atom is 0.250 e. The van der Waals surface area contributed by atoms with E-state index in [1.807, 2.05) is 4.90 Å². The molecule has 0 spiro atoms. The standard InChI is InChI=1S/C14H27F2N3O/c1-14(2,3)5-10-4-11(18-6-12(15)16)8-19(7-10)9-13(17)20/h10-12,18H,4-9H2,1-3H3,(H2,17,20). The lowest BCUT2D eigenvalue weighted by atomic mass is 9.80. The lowest BCUT2D eigenvalue weighted by Crippen LogP contribution is -2.52. The fourth-order valence-corrected chi connectivity index (χ4v) is 3.07. The maximum atomic E-state index is 12.3. The van der Waals surface area contributed by atoms with Gasteiger partial charge in [0, 0.05) is 19.1 Å². The number of carbonyl (C=O) groups is 1. The molecule has 4 nitrogen and oxygen atoms in total. The first-order chi connectivity index (χ1) is 9.15. The van der Waals surface area contributed by atoms with E-state index >= 15 is 0 Å². The quantitative estimate of drug-likeness (QED) is 0.779. The number of primary amides is 1. The van der Waals surface area contributed by atoms with Gasteiger partial charge in [-0.2, -0.15) is 0 Å². The van der Waals surface area contributed by atoms with Crippen molar-refractivity contribution in [2.24, 2.45) is 17.1 Å². The Morgan fingerprint density at radius 2 is 2.05 bits per heavy atom. The first-order valence-corrected chi connectivity index (χ1v) is 7.18. The molecule has 0 saturated carbocycles. The van der Waals surface area contributed by atoms with Gasteiger partial charge < -0.3 is 11.1 Å². The molecule has 20 heavy (non-hydrogen) atoms. The molecular formula is C14H27F2N3O. The average molecular weight is 291 g/mol. The van der Waals surface area contributed by atoms with Crippen LogP contribution in [0.2, 0.25) is 0 Å². The molecule has 0 radical (unpaired) electrons. The normalized spacial score (nSPS) is 25.1. The summed E-state index contributed by atoms with van der Waals surface area (Å²) in [6.45, 7) is 7.83. The van der Waals surface area contributed by atoms with Crippen LogP contribution in [0.15, 0.2) is 0 Å². The van der Waals surface area contributed by atoms with E-state index in [1.54, 1.807) is 0 Å². The molecule has 1 heterocycles. The van der Waals surface area contributed by atoms with E-state index in [0.29, 0.717) is 12.5 Å². The number of piperidine rings is 1. The number of amides is 1. The summed E-state index contributed by atoms with van der Waals surface area (Å²) in [7, 11) is 0. The van der Waals surface area contributed by atoms with Gasteiger partial charge in [0.25, 0.3) is 6.43 Å². The second-order valence-electron chi connectivity index (χ2n) is 7.02. The Bertz CT molecular complexity index is 318. The third-order valence-corrected chi connectivity index (χ3v) is 3.45. The number of nitrogens with one attached hydrogen (secondary N) is 1. The molecule has 2 atom stereocenters. The molecule has 0 aromatic heterocycles. The molecular weight excluding hydrogens is 264 g/mol. The fourth-order valence-electron chi connectivity index (χ4n) is 3.07. The van der Waals surface area contributed by atoms with Crippen molar-refractivity contribution in [1.82, 2.24) is 10.2 Å². The van der Waals surface area contributed by atoms with Crippen LogP contribution in [-0.2, 0) is 4.79 Å². The number of rotatable bonds is 6. The van der Waals surface area contributed by atoms with Crippen LogP contribution in [0.4, 0.5) is 8.78 Å². The van der Waals surface area contributed by atoms with Crippen molar-refractivity contribution >= 4 is 5.91 Å². The third-order valence-electron chi connectivity index (χ3n) is 3.45. The number of nitrogens with zero attached hydrogens (tertiary/aromatic N) is 1. The van der Waals surface area contributed by atoms with Crippen molar-refractivity contribution in [2.45, 2.75) is 46.1 Å². The predicted octanol–water partition coefficient (Wildman–Crippen LogP) is 1.45. The fraction of sp³-hybridized carbons (Fsp3) is 0.929. The minimum Gasteiger partial charge on any atom is -0.369 e. The maximum absolute atomic E-state index is 12.3. The summed E-state index contributed by atoms with van der Waals surface area (Å²) in [5, 5.41) is 2.90. The molecule has 0 aromatic carbocycles. The molecule has 3 N–H and O–H groups in total. The number of carbonyl (C=O) groups excluding carboxylic acids is 1. The van der Waals surface area contributed by atoms with E-state index in [2.05, 4.69) is 26.1 Å². The summed E-state index contributed by atoms with van der Waals surface area (Å²) >= 11 is 0. The number of nitrogens with two attached hydrogens (primary N) is 1. The number of alkyl halides is 2. The average Bonchev–Trinajstić information content (AvgIpc) is 2.22. The van der Waals surface area contributed by atoms with Gasteiger partial charge in [-0.15, -0.1) is 0 Å². The lowest BCUT2D eigenvalue weighted by molar-refractivity contribution is -0.119. The highest BCUT2D eigenvalue weighted by Crippen LogP contribution is 2.30. The number of likely N-dealkylation sites (tertiary alicyclic amines) is 1. The largest absolute Gasteiger partial charge is 0.369 e. The molecule has 1 fully saturated rings. The minimum absolute atomic E-state index is 0.00412. The number of hydrogen-bond donors (Lipinski definition) is 2. The van der Waals surface area contributed by atoms with Gasteiger partial charge in [0.15, 0.2) is 0 Å². The molecule has 1 aliphatic rings. The number of halogens is 2. The van der Waals surface area contributed by atoms with Gasteiger partial charge in [-0.1, -0.05) is 20.8 Å². The Labute approximate surface area is 120 Å². The highest BCUT2D eigenvalue weighted by Gasteiger charge is 2.30. The van der Waals surface area contributed by atoms with Crippen LogP contribution < -0.4 is 11.1 Å². The van der Waals surface area contributed by atoms with Gasteiger partial charge in [-0.05, 0) is 24.2 Å². The number of hydrogen-bond acceptors (Lipinski definition) is 3. The highest BCUT2D eigenvalue weighted by atomic mass is 19.3. The van der Waals surface area contributed by atoms with E-state index in [-0.39, 0.29) is 30.5 Å². The van der Waals surface area contributed by atoms with E-state index in [1.165, 1.54) is 0 Å². The first-order valence-electron chi connectivity index (χ1n) is 7.18. The van der Waals surface area contributed by atoms with Crippen LogP contribution in [0, 0.1) is 11.3 Å². The highest BCUT2D eigenvalue weighted by molar-refractivity contribution is 5.75. The van der Waals surface area contributed by atoms with Gasteiger partial charge in [-0.25, -0.2) is 8.78 Å². The van der Waals surface area contributed by atoms with Gasteiger partial charge in [0.1, 0.15) is 0 Å². The van der Waals surface area contributed by atoms with Crippen molar-refractivity contribution in [3.05, 3.63) is 0 Å². The second-order valence-corrected chi connectivity index (χ2v) is 7.02. The molecule has 1 saturated heterocycles. The van der Waals surface area contributed by atoms with E-state index in [4.69, 9.17) is 5.73 Å². The zero-order chi connectivity index (χ0) is 15.3. The molecule has 1 rings (SSSR count). The van der Waals surface area contributed by atoms with Gasteiger partial charge in [0.05, 0.1) is 13.1 Å². The molecule has 2 unspecified atom stereocenters. The monoisotopic (exact) mass is 291 g/mol. The van der Waals surface area contributed by atoms with Crippen LogP contribution in [-0.4, -0.2) is 49.5 Å². The third kappa shape index (κ3) is 7.14. The smallest absolute Gasteiger partial charge is 0.250 e. The van der Waals surface area contributed by atoms with Crippen LogP contribution in [0.5, 0.6) is 0 Å². The van der Waals surface area contributed by atoms with E-state index < -0.39 is 6.43 Å². The lowest BCUT2D eigenvalue weighted by Gasteiger charge is -2.40. The molecule has 1 amide bonds. The molecule has 6 heteroatoms. The summed E-state index contributed by atoms with van der Waals surface area (Å²) in [5.41, 5.74) is 5.43. The topological polar surface area (TPSA) is 58.4 Å². The van der Waals surface area contributed by atoms with Crippen LogP contribution >= 0.6 is 0 Å². The first kappa shape index (κ1) is 17.3. The predicted molar refractivity (Wildman–Crippen MR) is 75.6 cm³/mol. The Morgan fingerprint density at radius 3 is 2.55 bits per heavy atom. The van der Waals surface area contributed by atoms with Crippen LogP contribution in [0.3, 0.4) is 0 Å². The Balaban J connectivity index is 2.59. The van der Waals surface area contributed by atoms with Crippen LogP contribution in [0.1, 0.15) is 33.6 Å². The van der Waals surface area contributed by atoms with Crippen molar-refractivity contribution in [1.29, 1.82) is 0 Å². The Kier molecular flexibility index (Phi) is 6.33. The molecule has 1 aliphatic heterocycles. The van der Waals surface area contributed by atoms with Gasteiger partial charge >= 0.3 is 0 Å². The van der Waals surface area contributed by atoms with Crippen molar-refractivity contribution in [3.63, 3.8) is 0 Å². The zero-order valence-electron chi connectivity index (χ0n) is 12.7. The molecule has 0 aromatic rings. The van der Waals surface area contributed by atoms with E-state index in [9.17, 15) is 13.6 Å². The second kappa shape index (κ2) is 7.31. The Morgan fingerprint density at radius 1 is 1.40 bits per heavy atom. The SMILES string of the molecule is CC(C)(C)CC1CC(NCC(F)F)CN(CC(N)=O)C1. The summed E-state index contributed by atoms with van der Waals surface area (Å²) < 4.78 is 24.6. The molecule has 118 valence electrons. The van der Waals surface area contributed by atoms with Gasteiger partial charge in [-0.3, -0.25) is 9.69 Å². The van der Waals surface area contributed by atoms with Crippen LogP contribution in [0.25, 0.3) is 0 Å². The van der Waals surface area contributed by atoms with E-state index in [0.717, 1.165) is 19.4 Å². The van der Waals surface area contributed by atoms with Crippen molar-refractivity contribution in [3.8, 4) is 0 Å². The minimum atomic E-state index is -2.34. The van der Waals surface area contributed by atoms with Crippen molar-refractivity contribution < 1.29 is 13.6 Å². The summed E-state index contributed by atoms with van der Waals surface area (Å²) in [6, 6.07) is 0.00412. The van der Waals surface area contributed by atoms with Gasteiger partial charge in [0.2, 0.25) is 5.91 Å².